The lowest BCUT2D eigenvalue weighted by Crippen LogP contribution is -2.74. The highest BCUT2D eigenvalue weighted by Crippen LogP contribution is 2.30. The Kier molecular flexibility index (Phi) is 5.28. The molecule has 35 heavy (non-hydrogen) atoms. The third-order valence-corrected chi connectivity index (χ3v) is 11.3. The maximum Gasteiger partial charge on any atom is 0.231 e. The number of phenolic OH excluding ortho intramolecular Hbond substituents is 1. The van der Waals surface area contributed by atoms with E-state index in [0.717, 1.165) is 10.7 Å². The molecule has 0 aliphatic heterocycles. The minimum Gasteiger partial charge on any atom is -0.507 e. The van der Waals surface area contributed by atoms with E-state index in [-0.39, 0.29) is 5.75 Å². The first-order valence-electron chi connectivity index (χ1n) is 11.6. The first-order valence-corrected chi connectivity index (χ1v) is 13.6. The van der Waals surface area contributed by atoms with Crippen molar-refractivity contribution >= 4 is 39.9 Å². The van der Waals surface area contributed by atoms with E-state index in [0.29, 0.717) is 17.0 Å². The van der Waals surface area contributed by atoms with Crippen molar-refractivity contribution in [1.82, 2.24) is 4.98 Å². The van der Waals surface area contributed by atoms with E-state index in [9.17, 15) is 5.11 Å². The van der Waals surface area contributed by atoms with E-state index in [1.165, 1.54) is 15.6 Å². The van der Waals surface area contributed by atoms with E-state index in [1.807, 2.05) is 24.3 Å². The Bertz CT molecular complexity index is 1470. The van der Waals surface area contributed by atoms with Gasteiger partial charge in [-0.3, -0.25) is 0 Å². The molecule has 0 radical (unpaired) electrons. The summed E-state index contributed by atoms with van der Waals surface area (Å²) in [6.07, 6.45) is 0. The maximum absolute atomic E-state index is 10.9. The van der Waals surface area contributed by atoms with Gasteiger partial charge in [-0.25, -0.2) is 4.98 Å². The molecule has 6 aromatic rings. The first-order chi connectivity index (χ1) is 17.3. The van der Waals surface area contributed by atoms with Crippen LogP contribution in [0.25, 0.3) is 22.6 Å². The number of benzene rings is 5. The number of hydrogen-bond donors (Lipinski definition) is 1. The van der Waals surface area contributed by atoms with Crippen LogP contribution in [0, 0.1) is 0 Å². The van der Waals surface area contributed by atoms with Gasteiger partial charge in [-0.1, -0.05) is 109 Å². The van der Waals surface area contributed by atoms with Crippen LogP contribution in [0.1, 0.15) is 0 Å². The van der Waals surface area contributed by atoms with Gasteiger partial charge in [0.15, 0.2) is 13.7 Å². The Morgan fingerprint density at radius 3 is 1.60 bits per heavy atom. The van der Waals surface area contributed by atoms with Gasteiger partial charge in [0.25, 0.3) is 0 Å². The van der Waals surface area contributed by atoms with Crippen molar-refractivity contribution in [3.05, 3.63) is 133 Å². The van der Waals surface area contributed by atoms with Gasteiger partial charge in [0.05, 0.1) is 5.56 Å². The molecule has 6 rings (SSSR count). The minimum atomic E-state index is -2.71. The number of para-hydroxylation sites is 2. The van der Waals surface area contributed by atoms with Gasteiger partial charge in [0, 0.05) is 0 Å². The van der Waals surface area contributed by atoms with E-state index in [2.05, 4.69) is 108 Å². The van der Waals surface area contributed by atoms with Crippen molar-refractivity contribution in [2.45, 2.75) is 0 Å². The van der Waals surface area contributed by atoms with Crippen LogP contribution in [0.4, 0.5) is 0 Å². The number of phenols is 1. The summed E-state index contributed by atoms with van der Waals surface area (Å²) in [4.78, 5) is 4.67. The van der Waals surface area contributed by atoms with E-state index in [4.69, 9.17) is 4.42 Å². The topological polar surface area (TPSA) is 46.3 Å². The number of aromatic nitrogens is 1. The molecule has 0 saturated carbocycles. The van der Waals surface area contributed by atoms with Gasteiger partial charge in [-0.2, -0.15) is 0 Å². The van der Waals surface area contributed by atoms with Crippen LogP contribution in [0.3, 0.4) is 0 Å². The van der Waals surface area contributed by atoms with Crippen LogP contribution in [0.5, 0.6) is 5.75 Å². The summed E-state index contributed by atoms with van der Waals surface area (Å²) in [6, 6.07) is 45.7. The van der Waals surface area contributed by atoms with E-state index < -0.39 is 8.07 Å². The Labute approximate surface area is 205 Å². The summed E-state index contributed by atoms with van der Waals surface area (Å²) < 4.78 is 6.06. The SMILES string of the molecule is Oc1ccc([Si](c2ccccc2)(c2ccccc2)c2ccccc2)cc1-c1nc2ccccc2o1. The maximum atomic E-state index is 10.9. The van der Waals surface area contributed by atoms with Crippen LogP contribution in [0.15, 0.2) is 138 Å². The van der Waals surface area contributed by atoms with Crippen LogP contribution >= 0.6 is 0 Å². The highest BCUT2D eigenvalue weighted by atomic mass is 28.3. The molecule has 0 spiro atoms. The summed E-state index contributed by atoms with van der Waals surface area (Å²) in [7, 11) is -2.71. The van der Waals surface area contributed by atoms with Crippen molar-refractivity contribution in [1.29, 1.82) is 0 Å². The Morgan fingerprint density at radius 2 is 1.06 bits per heavy atom. The quantitative estimate of drug-likeness (QED) is 0.297. The second-order valence-corrected chi connectivity index (χ2v) is 12.4. The number of nitrogens with zero attached hydrogens (tertiary/aromatic N) is 1. The second kappa shape index (κ2) is 8.74. The smallest absolute Gasteiger partial charge is 0.231 e. The van der Waals surface area contributed by atoms with Crippen molar-refractivity contribution in [2.75, 3.05) is 0 Å². The lowest BCUT2D eigenvalue weighted by Gasteiger charge is -2.34. The molecule has 0 aliphatic carbocycles. The molecule has 0 amide bonds. The van der Waals surface area contributed by atoms with E-state index >= 15 is 0 Å². The fraction of sp³-hybridized carbons (Fsp3) is 0. The van der Waals surface area contributed by atoms with Crippen molar-refractivity contribution < 1.29 is 9.52 Å². The third-order valence-electron chi connectivity index (χ3n) is 6.57. The molecule has 0 fully saturated rings. The summed E-state index contributed by atoms with van der Waals surface area (Å²) in [5, 5.41) is 15.9. The molecule has 5 aromatic carbocycles. The molecule has 4 heteroatoms. The van der Waals surface area contributed by atoms with Crippen molar-refractivity contribution in [3.8, 4) is 17.2 Å². The van der Waals surface area contributed by atoms with Gasteiger partial charge < -0.3 is 9.52 Å². The molecular weight excluding hydrogens is 446 g/mol. The average Bonchev–Trinajstić information content (AvgIpc) is 3.36. The zero-order valence-corrected chi connectivity index (χ0v) is 20.0. The van der Waals surface area contributed by atoms with Crippen LogP contribution in [-0.2, 0) is 0 Å². The molecule has 0 unspecified atom stereocenters. The number of fused-ring (bicyclic) bond motifs is 1. The van der Waals surface area contributed by atoms with E-state index in [1.54, 1.807) is 6.07 Å². The third kappa shape index (κ3) is 3.55. The first kappa shape index (κ1) is 21.1. The van der Waals surface area contributed by atoms with Gasteiger partial charge in [-0.15, -0.1) is 0 Å². The number of hydrogen-bond acceptors (Lipinski definition) is 3. The minimum absolute atomic E-state index is 0.150. The largest absolute Gasteiger partial charge is 0.507 e. The molecule has 0 saturated heterocycles. The Balaban J connectivity index is 1.68. The van der Waals surface area contributed by atoms with Gasteiger partial charge in [0.1, 0.15) is 11.3 Å². The Morgan fingerprint density at radius 1 is 0.543 bits per heavy atom. The van der Waals surface area contributed by atoms with Crippen LogP contribution in [-0.4, -0.2) is 18.2 Å². The van der Waals surface area contributed by atoms with Gasteiger partial charge >= 0.3 is 0 Å². The van der Waals surface area contributed by atoms with Crippen molar-refractivity contribution in [3.63, 3.8) is 0 Å². The fourth-order valence-electron chi connectivity index (χ4n) is 4.99. The van der Waals surface area contributed by atoms with Crippen molar-refractivity contribution in [2.24, 2.45) is 0 Å². The monoisotopic (exact) mass is 469 g/mol. The van der Waals surface area contributed by atoms with Gasteiger partial charge in [0.2, 0.25) is 5.89 Å². The number of rotatable bonds is 5. The van der Waals surface area contributed by atoms with Gasteiger partial charge in [-0.05, 0) is 45.0 Å². The standard InChI is InChI=1S/C31H23NO2Si/c33-29-21-20-26(22-27(29)31-32-28-18-10-11-19-30(28)34-31)35(23-12-4-1-5-13-23,24-14-6-2-7-15-24)25-16-8-3-9-17-25/h1-22,33H. The molecule has 1 heterocycles. The summed E-state index contributed by atoms with van der Waals surface area (Å²) >= 11 is 0. The molecule has 0 aliphatic rings. The molecule has 1 aromatic heterocycles. The molecule has 0 bridgehead atoms. The normalized spacial score (nSPS) is 11.5. The molecule has 0 atom stereocenters. The highest BCUT2D eigenvalue weighted by Gasteiger charge is 2.41. The zero-order valence-electron chi connectivity index (χ0n) is 19.0. The summed E-state index contributed by atoms with van der Waals surface area (Å²) in [6.45, 7) is 0. The predicted molar refractivity (Wildman–Crippen MR) is 145 cm³/mol. The molecule has 1 N–H and O–H groups in total. The Hall–Kier alpha value is -4.41. The number of aromatic hydroxyl groups is 1. The molecule has 168 valence electrons. The lowest BCUT2D eigenvalue weighted by atomic mass is 10.2. The van der Waals surface area contributed by atoms with Crippen LogP contribution < -0.4 is 20.7 Å². The zero-order chi connectivity index (χ0) is 23.7. The number of oxazole rings is 1. The second-order valence-electron chi connectivity index (χ2n) is 8.57. The lowest BCUT2D eigenvalue weighted by molar-refractivity contribution is 0.474. The fourth-order valence-corrected chi connectivity index (χ4v) is 9.76. The van der Waals surface area contributed by atoms with Crippen LogP contribution in [0.2, 0.25) is 0 Å². The summed E-state index contributed by atoms with van der Waals surface area (Å²) in [5.41, 5.74) is 2.06. The predicted octanol–water partition coefficient (Wildman–Crippen LogP) is 4.58. The average molecular weight is 470 g/mol. The molecule has 3 nitrogen and oxygen atoms in total. The highest BCUT2D eigenvalue weighted by molar-refractivity contribution is 7.19. The molecular formula is C31H23NO2Si. The summed E-state index contributed by atoms with van der Waals surface area (Å²) in [5.74, 6) is 0.569.